The normalized spacial score (nSPS) is 20.1. The van der Waals surface area contributed by atoms with Crippen molar-refractivity contribution < 1.29 is 36.9 Å². The molecule has 13 heteroatoms. The Hall–Kier alpha value is -3.39. The van der Waals surface area contributed by atoms with Crippen LogP contribution in [0.2, 0.25) is 0 Å². The standard InChI is InChI=1S/C28H30F5N5O3/c1-15-12-16(23(39)35-18-8-10-27(29,30)11-9-18)6-7-20(15)36-26-34-13-19(28(31,32)33)24(37-26)41-21-5-3-4-17-14-38(2)25(40)22(17)21/h3-7,12-13,18,23,25,35,39-40H,8-11,14H2,1-2H3,(H,34,36,37). The maximum Gasteiger partial charge on any atom is 0.423 e. The fourth-order valence-electron chi connectivity index (χ4n) is 5.13. The Morgan fingerprint density at radius 3 is 2.56 bits per heavy atom. The zero-order chi connectivity index (χ0) is 29.5. The van der Waals surface area contributed by atoms with Gasteiger partial charge in [-0.05, 0) is 55.6 Å². The van der Waals surface area contributed by atoms with Crippen LogP contribution in [0.5, 0.6) is 11.6 Å². The third-order valence-corrected chi connectivity index (χ3v) is 7.44. The summed E-state index contributed by atoms with van der Waals surface area (Å²) in [4.78, 5) is 9.46. The lowest BCUT2D eigenvalue weighted by molar-refractivity contribution is -0.139. The summed E-state index contributed by atoms with van der Waals surface area (Å²) in [5.74, 6) is -3.50. The topological polar surface area (TPSA) is 103 Å². The molecule has 0 radical (unpaired) electrons. The van der Waals surface area contributed by atoms with Crippen LogP contribution in [0.15, 0.2) is 42.6 Å². The number of aromatic nitrogens is 2. The number of rotatable bonds is 7. The number of fused-ring (bicyclic) bond motifs is 1. The largest absolute Gasteiger partial charge is 0.438 e. The number of alkyl halides is 5. The van der Waals surface area contributed by atoms with E-state index >= 15 is 0 Å². The number of ether oxygens (including phenoxy) is 1. The van der Waals surface area contributed by atoms with Gasteiger partial charge in [0, 0.05) is 42.9 Å². The van der Waals surface area contributed by atoms with Crippen LogP contribution in [0.4, 0.5) is 33.6 Å². The maximum absolute atomic E-state index is 13.8. The Balaban J connectivity index is 1.35. The number of nitrogens with zero attached hydrogens (tertiary/aromatic N) is 3. The molecule has 1 aromatic heterocycles. The van der Waals surface area contributed by atoms with Crippen LogP contribution in [-0.4, -0.2) is 44.1 Å². The van der Waals surface area contributed by atoms with Crippen molar-refractivity contribution in [3.05, 3.63) is 70.4 Å². The Labute approximate surface area is 233 Å². The van der Waals surface area contributed by atoms with Gasteiger partial charge in [0.1, 0.15) is 23.8 Å². The first kappa shape index (κ1) is 29.1. The van der Waals surface area contributed by atoms with Crippen molar-refractivity contribution in [2.45, 2.75) is 69.7 Å². The van der Waals surface area contributed by atoms with E-state index in [2.05, 4.69) is 20.6 Å². The van der Waals surface area contributed by atoms with Crippen LogP contribution in [0.25, 0.3) is 0 Å². The molecule has 0 saturated heterocycles. The summed E-state index contributed by atoms with van der Waals surface area (Å²) >= 11 is 0. The minimum Gasteiger partial charge on any atom is -0.438 e. The Morgan fingerprint density at radius 1 is 1.15 bits per heavy atom. The second-order valence-corrected chi connectivity index (χ2v) is 10.5. The average molecular weight is 580 g/mol. The molecule has 0 bridgehead atoms. The number of anilines is 2. The van der Waals surface area contributed by atoms with E-state index in [0.717, 1.165) is 5.56 Å². The summed E-state index contributed by atoms with van der Waals surface area (Å²) in [6.07, 6.45) is -6.26. The van der Waals surface area contributed by atoms with E-state index in [4.69, 9.17) is 4.74 Å². The van der Waals surface area contributed by atoms with Crippen LogP contribution < -0.4 is 15.4 Å². The fraction of sp³-hybridized carbons (Fsp3) is 0.429. The van der Waals surface area contributed by atoms with Gasteiger partial charge < -0.3 is 20.3 Å². The van der Waals surface area contributed by atoms with E-state index < -0.39 is 36.0 Å². The lowest BCUT2D eigenvalue weighted by Gasteiger charge is -2.30. The third kappa shape index (κ3) is 6.43. The molecule has 1 aliphatic heterocycles. The van der Waals surface area contributed by atoms with E-state index in [0.29, 0.717) is 35.1 Å². The summed E-state index contributed by atoms with van der Waals surface area (Å²) in [5.41, 5.74) is 1.54. The molecule has 3 aromatic rings. The molecule has 41 heavy (non-hydrogen) atoms. The number of aliphatic hydroxyl groups is 2. The van der Waals surface area contributed by atoms with Crippen LogP contribution in [0.3, 0.4) is 0 Å². The number of hydrogen-bond acceptors (Lipinski definition) is 8. The molecule has 1 saturated carbocycles. The highest BCUT2D eigenvalue weighted by Gasteiger charge is 2.38. The van der Waals surface area contributed by atoms with Crippen molar-refractivity contribution in [1.29, 1.82) is 0 Å². The smallest absolute Gasteiger partial charge is 0.423 e. The number of aryl methyl sites for hydroxylation is 1. The van der Waals surface area contributed by atoms with E-state index in [9.17, 15) is 32.2 Å². The predicted molar refractivity (Wildman–Crippen MR) is 140 cm³/mol. The fourth-order valence-corrected chi connectivity index (χ4v) is 5.13. The van der Waals surface area contributed by atoms with Gasteiger partial charge >= 0.3 is 6.18 Å². The van der Waals surface area contributed by atoms with Gasteiger partial charge in [0.25, 0.3) is 0 Å². The predicted octanol–water partition coefficient (Wildman–Crippen LogP) is 5.93. The summed E-state index contributed by atoms with van der Waals surface area (Å²) in [6.45, 7) is 2.14. The number of hydrogen-bond donors (Lipinski definition) is 4. The molecule has 8 nitrogen and oxygen atoms in total. The summed E-state index contributed by atoms with van der Waals surface area (Å²) < 4.78 is 73.9. The molecule has 220 valence electrons. The minimum absolute atomic E-state index is 0.0539. The van der Waals surface area contributed by atoms with Crippen molar-refractivity contribution in [1.82, 2.24) is 20.2 Å². The molecule has 2 heterocycles. The van der Waals surface area contributed by atoms with Crippen LogP contribution >= 0.6 is 0 Å². The number of benzene rings is 2. The molecule has 4 N–H and O–H groups in total. The van der Waals surface area contributed by atoms with Gasteiger partial charge in [-0.1, -0.05) is 24.3 Å². The summed E-state index contributed by atoms with van der Waals surface area (Å²) in [7, 11) is 1.68. The number of halogens is 5. The zero-order valence-corrected chi connectivity index (χ0v) is 22.3. The van der Waals surface area contributed by atoms with E-state index in [1.165, 1.54) is 6.07 Å². The first-order valence-corrected chi connectivity index (χ1v) is 13.1. The first-order chi connectivity index (χ1) is 19.3. The van der Waals surface area contributed by atoms with E-state index in [1.807, 2.05) is 0 Å². The quantitative estimate of drug-likeness (QED) is 0.202. The Kier molecular flexibility index (Phi) is 7.90. The monoisotopic (exact) mass is 579 g/mol. The van der Waals surface area contributed by atoms with Gasteiger partial charge in [-0.3, -0.25) is 10.2 Å². The lowest BCUT2D eigenvalue weighted by Crippen LogP contribution is -2.39. The van der Waals surface area contributed by atoms with E-state index in [1.54, 1.807) is 49.2 Å². The average Bonchev–Trinajstić information content (AvgIpc) is 3.20. The molecule has 2 unspecified atom stereocenters. The molecular formula is C28H30F5N5O3. The molecule has 0 spiro atoms. The third-order valence-electron chi connectivity index (χ3n) is 7.44. The van der Waals surface area contributed by atoms with E-state index in [-0.39, 0.29) is 43.4 Å². The van der Waals surface area contributed by atoms with Crippen LogP contribution in [0, 0.1) is 6.92 Å². The molecular weight excluding hydrogens is 549 g/mol. The second-order valence-electron chi connectivity index (χ2n) is 10.5. The van der Waals surface area contributed by atoms with Crippen molar-refractivity contribution >= 4 is 11.6 Å². The van der Waals surface area contributed by atoms with Crippen molar-refractivity contribution in [2.24, 2.45) is 0 Å². The highest BCUT2D eigenvalue weighted by atomic mass is 19.4. The van der Waals surface area contributed by atoms with Gasteiger partial charge in [0.05, 0.1) is 0 Å². The Morgan fingerprint density at radius 2 is 1.88 bits per heavy atom. The molecule has 2 aliphatic rings. The van der Waals surface area contributed by atoms with Gasteiger partial charge in [-0.2, -0.15) is 18.2 Å². The summed E-state index contributed by atoms with van der Waals surface area (Å²) in [6, 6.07) is 9.51. The number of aliphatic hydroxyl groups excluding tert-OH is 2. The molecule has 0 amide bonds. The summed E-state index contributed by atoms with van der Waals surface area (Å²) in [5, 5.41) is 27.0. The van der Waals surface area contributed by atoms with Crippen molar-refractivity contribution in [2.75, 3.05) is 12.4 Å². The van der Waals surface area contributed by atoms with Gasteiger partial charge in [0.2, 0.25) is 17.8 Å². The van der Waals surface area contributed by atoms with Crippen LogP contribution in [-0.2, 0) is 12.7 Å². The first-order valence-electron chi connectivity index (χ1n) is 13.1. The molecule has 2 aromatic carbocycles. The maximum atomic E-state index is 13.8. The minimum atomic E-state index is -4.80. The van der Waals surface area contributed by atoms with Gasteiger partial charge in [0.15, 0.2) is 0 Å². The second kappa shape index (κ2) is 11.1. The highest BCUT2D eigenvalue weighted by Crippen LogP contribution is 2.42. The lowest BCUT2D eigenvalue weighted by atomic mass is 9.92. The number of nitrogens with one attached hydrogen (secondary N) is 2. The molecule has 1 aliphatic carbocycles. The molecule has 5 rings (SSSR count). The van der Waals surface area contributed by atoms with Crippen LogP contribution in [0.1, 0.15) is 66.0 Å². The SMILES string of the molecule is Cc1cc(C(O)NC2CCC(F)(F)CC2)ccc1Nc1ncc(C(F)(F)F)c(Oc2cccc3c2C(O)N(C)C3)n1. The Bertz CT molecular complexity index is 1410. The molecule has 1 fully saturated rings. The molecule has 2 atom stereocenters. The van der Waals surface area contributed by atoms with Gasteiger partial charge in [-0.15, -0.1) is 0 Å². The highest BCUT2D eigenvalue weighted by molar-refractivity contribution is 5.60. The van der Waals surface area contributed by atoms with Gasteiger partial charge in [-0.25, -0.2) is 13.8 Å². The zero-order valence-electron chi connectivity index (χ0n) is 22.3. The van der Waals surface area contributed by atoms with Crippen molar-refractivity contribution in [3.8, 4) is 11.6 Å². The van der Waals surface area contributed by atoms with Crippen molar-refractivity contribution in [3.63, 3.8) is 0 Å².